The minimum Gasteiger partial charge on any atom is -0.388 e. The molecule has 116 valence electrons. The third-order valence-corrected chi connectivity index (χ3v) is 4.20. The van der Waals surface area contributed by atoms with Crippen LogP contribution in [0, 0.1) is 0 Å². The standard InChI is InChI=1S/C15H21BrN2O3/c1-14(2,15(3,4)21)18-12(19)9-17-13(20)10-7-5-6-8-11(10)16/h5-8,21H,9H2,1-4H3,(H,17,20)(H,18,19). The van der Waals surface area contributed by atoms with Gasteiger partial charge in [0.25, 0.3) is 5.91 Å². The molecule has 0 unspecified atom stereocenters. The predicted molar refractivity (Wildman–Crippen MR) is 85.0 cm³/mol. The van der Waals surface area contributed by atoms with Crippen LogP contribution in [0.1, 0.15) is 38.1 Å². The molecule has 0 aliphatic rings. The molecule has 0 aliphatic heterocycles. The van der Waals surface area contributed by atoms with Crippen LogP contribution in [0.3, 0.4) is 0 Å². The van der Waals surface area contributed by atoms with Crippen molar-refractivity contribution in [2.24, 2.45) is 0 Å². The molecule has 0 spiro atoms. The molecule has 0 radical (unpaired) electrons. The highest BCUT2D eigenvalue weighted by atomic mass is 79.9. The van der Waals surface area contributed by atoms with Crippen LogP contribution in [0.25, 0.3) is 0 Å². The van der Waals surface area contributed by atoms with Crippen molar-refractivity contribution in [3.8, 4) is 0 Å². The summed E-state index contributed by atoms with van der Waals surface area (Å²) in [5, 5.41) is 15.2. The molecular weight excluding hydrogens is 336 g/mol. The Hall–Kier alpha value is -1.40. The summed E-state index contributed by atoms with van der Waals surface area (Å²) in [7, 11) is 0. The fourth-order valence-corrected chi connectivity index (χ4v) is 1.91. The smallest absolute Gasteiger partial charge is 0.252 e. The fraction of sp³-hybridized carbons (Fsp3) is 0.467. The zero-order chi connectivity index (χ0) is 16.3. The Bertz CT molecular complexity index is 536. The van der Waals surface area contributed by atoms with Gasteiger partial charge in [-0.25, -0.2) is 0 Å². The van der Waals surface area contributed by atoms with Crippen LogP contribution >= 0.6 is 15.9 Å². The molecule has 3 N–H and O–H groups in total. The summed E-state index contributed by atoms with van der Waals surface area (Å²) in [6.45, 7) is 6.53. The molecule has 0 aromatic heterocycles. The van der Waals surface area contributed by atoms with Crippen LogP contribution in [-0.2, 0) is 4.79 Å². The van der Waals surface area contributed by atoms with E-state index in [1.165, 1.54) is 0 Å². The van der Waals surface area contributed by atoms with Crippen molar-refractivity contribution in [3.63, 3.8) is 0 Å². The second-order valence-electron chi connectivity index (χ2n) is 5.89. The topological polar surface area (TPSA) is 78.4 Å². The summed E-state index contributed by atoms with van der Waals surface area (Å²) in [4.78, 5) is 23.8. The maximum atomic E-state index is 12.0. The molecule has 0 aliphatic carbocycles. The van der Waals surface area contributed by atoms with Crippen LogP contribution in [0.4, 0.5) is 0 Å². The van der Waals surface area contributed by atoms with Gasteiger partial charge in [-0.2, -0.15) is 0 Å². The van der Waals surface area contributed by atoms with Crippen LogP contribution in [0.2, 0.25) is 0 Å². The summed E-state index contributed by atoms with van der Waals surface area (Å²) in [6, 6.07) is 6.97. The van der Waals surface area contributed by atoms with E-state index in [2.05, 4.69) is 26.6 Å². The number of aliphatic hydroxyl groups is 1. The van der Waals surface area contributed by atoms with Crippen LogP contribution in [0.15, 0.2) is 28.7 Å². The predicted octanol–water partition coefficient (Wildman–Crippen LogP) is 1.84. The summed E-state index contributed by atoms with van der Waals surface area (Å²) in [5.41, 5.74) is -1.41. The molecule has 1 rings (SSSR count). The monoisotopic (exact) mass is 356 g/mol. The molecule has 1 aromatic carbocycles. The maximum Gasteiger partial charge on any atom is 0.252 e. The number of benzene rings is 1. The number of hydrogen-bond acceptors (Lipinski definition) is 3. The van der Waals surface area contributed by atoms with Gasteiger partial charge in [0.1, 0.15) is 0 Å². The fourth-order valence-electron chi connectivity index (χ4n) is 1.45. The zero-order valence-corrected chi connectivity index (χ0v) is 14.2. The first-order chi connectivity index (χ1) is 9.54. The third-order valence-electron chi connectivity index (χ3n) is 3.51. The van der Waals surface area contributed by atoms with Crippen molar-refractivity contribution in [1.29, 1.82) is 0 Å². The van der Waals surface area contributed by atoms with E-state index in [9.17, 15) is 14.7 Å². The van der Waals surface area contributed by atoms with E-state index in [-0.39, 0.29) is 18.4 Å². The lowest BCUT2D eigenvalue weighted by molar-refractivity contribution is -0.125. The van der Waals surface area contributed by atoms with Crippen LogP contribution < -0.4 is 10.6 Å². The normalized spacial score (nSPS) is 11.9. The minimum atomic E-state index is -1.07. The molecule has 5 nitrogen and oxygen atoms in total. The van der Waals surface area contributed by atoms with Gasteiger partial charge in [-0.15, -0.1) is 0 Å². The van der Waals surface area contributed by atoms with E-state index < -0.39 is 11.1 Å². The van der Waals surface area contributed by atoms with Gasteiger partial charge in [0.05, 0.1) is 23.2 Å². The Morgan fingerprint density at radius 1 is 1.19 bits per heavy atom. The van der Waals surface area contributed by atoms with Gasteiger partial charge in [0.15, 0.2) is 0 Å². The number of carbonyl (C=O) groups excluding carboxylic acids is 2. The second kappa shape index (κ2) is 6.58. The van der Waals surface area contributed by atoms with E-state index >= 15 is 0 Å². The Kier molecular flexibility index (Phi) is 5.53. The van der Waals surface area contributed by atoms with Gasteiger partial charge in [-0.3, -0.25) is 9.59 Å². The van der Waals surface area contributed by atoms with Gasteiger partial charge >= 0.3 is 0 Å². The molecule has 2 amide bonds. The molecule has 0 heterocycles. The average molecular weight is 357 g/mol. The molecular formula is C15H21BrN2O3. The van der Waals surface area contributed by atoms with Gasteiger partial charge in [-0.05, 0) is 55.8 Å². The Morgan fingerprint density at radius 2 is 1.76 bits per heavy atom. The second-order valence-corrected chi connectivity index (χ2v) is 6.75. The number of nitrogens with one attached hydrogen (secondary N) is 2. The highest BCUT2D eigenvalue weighted by molar-refractivity contribution is 9.10. The molecule has 21 heavy (non-hydrogen) atoms. The summed E-state index contributed by atoms with van der Waals surface area (Å²) in [6.07, 6.45) is 0. The van der Waals surface area contributed by atoms with E-state index in [1.54, 1.807) is 52.0 Å². The molecule has 0 saturated carbocycles. The largest absolute Gasteiger partial charge is 0.388 e. The quantitative estimate of drug-likeness (QED) is 0.753. The summed E-state index contributed by atoms with van der Waals surface area (Å²) < 4.78 is 0.666. The number of halogens is 1. The van der Waals surface area contributed by atoms with Gasteiger partial charge in [0.2, 0.25) is 5.91 Å². The summed E-state index contributed by atoms with van der Waals surface area (Å²) >= 11 is 3.28. The molecule has 0 fully saturated rings. The van der Waals surface area contributed by atoms with Crippen molar-refractivity contribution < 1.29 is 14.7 Å². The van der Waals surface area contributed by atoms with Crippen LogP contribution in [-0.4, -0.2) is 34.6 Å². The van der Waals surface area contributed by atoms with Gasteiger partial charge in [0, 0.05) is 4.47 Å². The number of hydrogen-bond donors (Lipinski definition) is 3. The molecule has 0 saturated heterocycles. The van der Waals surface area contributed by atoms with Crippen LogP contribution in [0.5, 0.6) is 0 Å². The van der Waals surface area contributed by atoms with Crippen molar-refractivity contribution in [2.45, 2.75) is 38.8 Å². The summed E-state index contributed by atoms with van der Waals surface area (Å²) in [5.74, 6) is -0.693. The van der Waals surface area contributed by atoms with Crippen molar-refractivity contribution >= 4 is 27.7 Å². The average Bonchev–Trinajstić information content (AvgIpc) is 2.34. The van der Waals surface area contributed by atoms with Gasteiger partial charge in [-0.1, -0.05) is 12.1 Å². The Morgan fingerprint density at radius 3 is 2.29 bits per heavy atom. The first kappa shape index (κ1) is 17.7. The number of rotatable bonds is 5. The highest BCUT2D eigenvalue weighted by Gasteiger charge is 2.36. The SMILES string of the molecule is CC(C)(O)C(C)(C)NC(=O)CNC(=O)c1ccccc1Br. The molecule has 0 atom stereocenters. The van der Waals surface area contributed by atoms with E-state index in [0.717, 1.165) is 0 Å². The first-order valence-corrected chi connectivity index (χ1v) is 7.40. The first-order valence-electron chi connectivity index (χ1n) is 6.61. The lowest BCUT2D eigenvalue weighted by Gasteiger charge is -2.38. The molecule has 1 aromatic rings. The molecule has 0 bridgehead atoms. The van der Waals surface area contributed by atoms with Crippen molar-refractivity contribution in [1.82, 2.24) is 10.6 Å². The lowest BCUT2D eigenvalue weighted by Crippen LogP contribution is -2.59. The molecule has 6 heteroatoms. The number of carbonyl (C=O) groups is 2. The maximum absolute atomic E-state index is 12.0. The minimum absolute atomic E-state index is 0.153. The lowest BCUT2D eigenvalue weighted by atomic mass is 9.86. The van der Waals surface area contributed by atoms with Gasteiger partial charge < -0.3 is 15.7 Å². The zero-order valence-electron chi connectivity index (χ0n) is 12.7. The van der Waals surface area contributed by atoms with Crippen molar-refractivity contribution in [3.05, 3.63) is 34.3 Å². The van der Waals surface area contributed by atoms with E-state index in [4.69, 9.17) is 0 Å². The Labute approximate surface area is 133 Å². The highest BCUT2D eigenvalue weighted by Crippen LogP contribution is 2.20. The van der Waals surface area contributed by atoms with E-state index in [1.807, 2.05) is 0 Å². The van der Waals surface area contributed by atoms with Crippen molar-refractivity contribution in [2.75, 3.05) is 6.54 Å². The van der Waals surface area contributed by atoms with E-state index in [0.29, 0.717) is 10.0 Å². The third kappa shape index (κ3) is 4.82. The number of amides is 2. The Balaban J connectivity index is 2.58.